The minimum atomic E-state index is -0.637. The number of nitrogens with zero attached hydrogens (tertiary/aromatic N) is 1. The molecule has 1 aromatic heterocycles. The number of hydrogen-bond acceptors (Lipinski definition) is 6. The molecular weight excluding hydrogens is 324 g/mol. The number of rotatable bonds is 4. The molecule has 7 nitrogen and oxygen atoms in total. The maximum absolute atomic E-state index is 11.9. The molecule has 1 aliphatic rings. The Morgan fingerprint density at radius 3 is 2.83 bits per heavy atom. The third-order valence-corrected chi connectivity index (χ3v) is 3.16. The predicted molar refractivity (Wildman–Crippen MR) is 80.7 cm³/mol. The van der Waals surface area contributed by atoms with Crippen molar-refractivity contribution in [3.63, 3.8) is 0 Å². The van der Waals surface area contributed by atoms with Crippen LogP contribution in [0.3, 0.4) is 0 Å². The molecule has 0 fully saturated rings. The lowest BCUT2D eigenvalue weighted by Crippen LogP contribution is -2.21. The molecule has 2 aromatic rings. The Hall–Kier alpha value is -2.80. The number of amides is 1. The molecule has 0 saturated heterocycles. The van der Waals surface area contributed by atoms with E-state index in [2.05, 4.69) is 10.3 Å². The van der Waals surface area contributed by atoms with Crippen LogP contribution in [0.4, 0.5) is 5.82 Å². The van der Waals surface area contributed by atoms with Gasteiger partial charge in [-0.15, -0.1) is 0 Å². The molecule has 1 aromatic carbocycles. The molecule has 1 amide bonds. The van der Waals surface area contributed by atoms with Gasteiger partial charge in [0.2, 0.25) is 6.79 Å². The number of nitrogens with one attached hydrogen (secondary N) is 1. The lowest BCUT2D eigenvalue weighted by Gasteiger charge is -2.06. The zero-order valence-electron chi connectivity index (χ0n) is 11.7. The highest BCUT2D eigenvalue weighted by molar-refractivity contribution is 6.30. The standard InChI is InChI=1S/C15H11ClN2O5/c16-10-2-4-13(17-6-10)18-14(19)7-21-15(20)9-1-3-11-12(5-9)23-8-22-11/h1-6H,7-8H2,(H,17,18,19). The highest BCUT2D eigenvalue weighted by atomic mass is 35.5. The minimum Gasteiger partial charge on any atom is -0.454 e. The van der Waals surface area contributed by atoms with E-state index in [1.807, 2.05) is 0 Å². The average molecular weight is 335 g/mol. The molecule has 8 heteroatoms. The van der Waals surface area contributed by atoms with Crippen molar-refractivity contribution in [1.82, 2.24) is 4.98 Å². The molecule has 0 spiro atoms. The molecule has 118 valence electrons. The van der Waals surface area contributed by atoms with Crippen LogP contribution in [0.15, 0.2) is 36.5 Å². The maximum Gasteiger partial charge on any atom is 0.338 e. The Morgan fingerprint density at radius 1 is 1.22 bits per heavy atom. The van der Waals surface area contributed by atoms with Crippen LogP contribution in [0.1, 0.15) is 10.4 Å². The number of carbonyl (C=O) groups is 2. The Kier molecular flexibility index (Phi) is 4.29. The van der Waals surface area contributed by atoms with Crippen molar-refractivity contribution in [2.45, 2.75) is 0 Å². The van der Waals surface area contributed by atoms with Crippen LogP contribution in [-0.4, -0.2) is 30.3 Å². The smallest absolute Gasteiger partial charge is 0.338 e. The van der Waals surface area contributed by atoms with Gasteiger partial charge in [-0.2, -0.15) is 0 Å². The summed E-state index contributed by atoms with van der Waals surface area (Å²) in [6.45, 7) is -0.318. The van der Waals surface area contributed by atoms with Crippen molar-refractivity contribution in [3.05, 3.63) is 47.1 Å². The summed E-state index contributed by atoms with van der Waals surface area (Å²) >= 11 is 5.70. The van der Waals surface area contributed by atoms with E-state index in [-0.39, 0.29) is 12.4 Å². The summed E-state index contributed by atoms with van der Waals surface area (Å²) in [6.07, 6.45) is 1.40. The molecule has 1 aliphatic heterocycles. The maximum atomic E-state index is 11.9. The number of halogens is 1. The second kappa shape index (κ2) is 6.53. The van der Waals surface area contributed by atoms with E-state index in [0.29, 0.717) is 22.3 Å². The number of benzene rings is 1. The van der Waals surface area contributed by atoms with Crippen molar-refractivity contribution in [2.24, 2.45) is 0 Å². The number of anilines is 1. The van der Waals surface area contributed by atoms with Crippen LogP contribution in [0.2, 0.25) is 5.02 Å². The third kappa shape index (κ3) is 3.70. The van der Waals surface area contributed by atoms with Gasteiger partial charge in [-0.3, -0.25) is 4.79 Å². The molecule has 2 heterocycles. The van der Waals surface area contributed by atoms with Gasteiger partial charge in [0.1, 0.15) is 5.82 Å². The summed E-state index contributed by atoms with van der Waals surface area (Å²) in [5, 5.41) is 2.94. The number of carbonyl (C=O) groups excluding carboxylic acids is 2. The number of ether oxygens (including phenoxy) is 3. The molecule has 0 unspecified atom stereocenters. The van der Waals surface area contributed by atoms with E-state index in [4.69, 9.17) is 25.8 Å². The molecule has 23 heavy (non-hydrogen) atoms. The number of fused-ring (bicyclic) bond motifs is 1. The number of pyridine rings is 1. The first-order valence-corrected chi connectivity index (χ1v) is 6.98. The van der Waals surface area contributed by atoms with Crippen molar-refractivity contribution >= 4 is 29.3 Å². The average Bonchev–Trinajstić information content (AvgIpc) is 3.02. The van der Waals surface area contributed by atoms with E-state index in [9.17, 15) is 9.59 Å². The Labute approximate surface area is 136 Å². The quantitative estimate of drug-likeness (QED) is 0.863. The highest BCUT2D eigenvalue weighted by Crippen LogP contribution is 2.32. The van der Waals surface area contributed by atoms with Gasteiger partial charge in [-0.1, -0.05) is 11.6 Å². The van der Waals surface area contributed by atoms with Gasteiger partial charge in [-0.25, -0.2) is 9.78 Å². The fraction of sp³-hybridized carbons (Fsp3) is 0.133. The second-order valence-corrected chi connectivity index (χ2v) is 4.99. The Balaban J connectivity index is 1.54. The van der Waals surface area contributed by atoms with E-state index in [0.717, 1.165) is 0 Å². The van der Waals surface area contributed by atoms with Crippen molar-refractivity contribution in [2.75, 3.05) is 18.7 Å². The van der Waals surface area contributed by atoms with Gasteiger partial charge in [0.25, 0.3) is 5.91 Å². The van der Waals surface area contributed by atoms with Crippen LogP contribution in [0.5, 0.6) is 11.5 Å². The Bertz CT molecular complexity index is 748. The molecule has 0 aliphatic carbocycles. The molecule has 3 rings (SSSR count). The van der Waals surface area contributed by atoms with Crippen molar-refractivity contribution in [3.8, 4) is 11.5 Å². The summed E-state index contributed by atoms with van der Waals surface area (Å²) in [4.78, 5) is 27.5. The minimum absolute atomic E-state index is 0.115. The van der Waals surface area contributed by atoms with Crippen LogP contribution in [0, 0.1) is 0 Å². The zero-order valence-corrected chi connectivity index (χ0v) is 12.5. The first-order valence-electron chi connectivity index (χ1n) is 6.60. The molecule has 0 radical (unpaired) electrons. The first-order chi connectivity index (χ1) is 11.1. The molecule has 1 N–H and O–H groups in total. The zero-order chi connectivity index (χ0) is 16.2. The number of hydrogen-bond donors (Lipinski definition) is 1. The van der Waals surface area contributed by atoms with Gasteiger partial charge in [0, 0.05) is 6.20 Å². The normalized spacial score (nSPS) is 11.9. The topological polar surface area (TPSA) is 86.8 Å². The van der Waals surface area contributed by atoms with Crippen LogP contribution < -0.4 is 14.8 Å². The van der Waals surface area contributed by atoms with Crippen LogP contribution in [0.25, 0.3) is 0 Å². The predicted octanol–water partition coefficient (Wildman–Crippen LogP) is 2.26. The fourth-order valence-corrected chi connectivity index (χ4v) is 1.98. The summed E-state index contributed by atoms with van der Waals surface area (Å²) in [5.74, 6) is 0.206. The Morgan fingerprint density at radius 2 is 2.04 bits per heavy atom. The lowest BCUT2D eigenvalue weighted by molar-refractivity contribution is -0.119. The number of aromatic nitrogens is 1. The molecule has 0 atom stereocenters. The van der Waals surface area contributed by atoms with Gasteiger partial charge in [0.15, 0.2) is 18.1 Å². The van der Waals surface area contributed by atoms with Crippen LogP contribution in [-0.2, 0) is 9.53 Å². The summed E-state index contributed by atoms with van der Waals surface area (Å²) < 4.78 is 15.3. The highest BCUT2D eigenvalue weighted by Gasteiger charge is 2.17. The lowest BCUT2D eigenvalue weighted by atomic mass is 10.2. The second-order valence-electron chi connectivity index (χ2n) is 4.55. The third-order valence-electron chi connectivity index (χ3n) is 2.94. The SMILES string of the molecule is O=C(COC(=O)c1ccc2c(c1)OCO2)Nc1ccc(Cl)cn1. The van der Waals surface area contributed by atoms with E-state index < -0.39 is 18.5 Å². The van der Waals surface area contributed by atoms with Gasteiger partial charge in [-0.05, 0) is 30.3 Å². The van der Waals surface area contributed by atoms with Crippen molar-refractivity contribution < 1.29 is 23.8 Å². The van der Waals surface area contributed by atoms with Gasteiger partial charge >= 0.3 is 5.97 Å². The van der Waals surface area contributed by atoms with Crippen molar-refractivity contribution in [1.29, 1.82) is 0 Å². The summed E-state index contributed by atoms with van der Waals surface area (Å²) in [6, 6.07) is 7.77. The molecule has 0 bridgehead atoms. The fourth-order valence-electron chi connectivity index (χ4n) is 1.87. The van der Waals surface area contributed by atoms with E-state index in [1.165, 1.54) is 18.3 Å². The summed E-state index contributed by atoms with van der Waals surface area (Å²) in [5.41, 5.74) is 0.270. The monoisotopic (exact) mass is 334 g/mol. The molecular formula is C15H11ClN2O5. The van der Waals surface area contributed by atoms with Gasteiger partial charge in [0.05, 0.1) is 10.6 Å². The number of esters is 1. The molecule has 0 saturated carbocycles. The van der Waals surface area contributed by atoms with Crippen LogP contribution >= 0.6 is 11.6 Å². The first kappa shape index (κ1) is 15.1. The largest absolute Gasteiger partial charge is 0.454 e. The summed E-state index contributed by atoms with van der Waals surface area (Å²) in [7, 11) is 0. The van der Waals surface area contributed by atoms with E-state index >= 15 is 0 Å². The van der Waals surface area contributed by atoms with E-state index in [1.54, 1.807) is 18.2 Å². The van der Waals surface area contributed by atoms with Gasteiger partial charge < -0.3 is 19.5 Å².